The van der Waals surface area contributed by atoms with Gasteiger partial charge < -0.3 is 10.1 Å². The van der Waals surface area contributed by atoms with Crippen LogP contribution in [0.4, 0.5) is 5.00 Å². The van der Waals surface area contributed by atoms with E-state index in [4.69, 9.17) is 4.74 Å². The van der Waals surface area contributed by atoms with E-state index in [1.165, 1.54) is 11.3 Å². The van der Waals surface area contributed by atoms with Crippen molar-refractivity contribution in [1.29, 1.82) is 0 Å². The summed E-state index contributed by atoms with van der Waals surface area (Å²) in [6.45, 7) is 8.15. The minimum absolute atomic E-state index is 0.00241. The molecule has 1 heterocycles. The van der Waals surface area contributed by atoms with Crippen molar-refractivity contribution >= 4 is 28.2 Å². The molecule has 0 radical (unpaired) electrons. The van der Waals surface area contributed by atoms with E-state index in [-0.39, 0.29) is 23.2 Å². The number of carbonyl (C=O) groups excluding carboxylic acids is 2. The summed E-state index contributed by atoms with van der Waals surface area (Å²) >= 11 is 1.41. The van der Waals surface area contributed by atoms with Crippen LogP contribution >= 0.6 is 11.3 Å². The van der Waals surface area contributed by atoms with Crippen LogP contribution in [0.5, 0.6) is 0 Å². The third-order valence-electron chi connectivity index (χ3n) is 3.42. The first-order valence-corrected chi connectivity index (χ1v) is 7.25. The van der Waals surface area contributed by atoms with E-state index in [1.54, 1.807) is 13.0 Å². The van der Waals surface area contributed by atoms with Gasteiger partial charge in [0.25, 0.3) is 0 Å². The van der Waals surface area contributed by atoms with E-state index >= 15 is 0 Å². The summed E-state index contributed by atoms with van der Waals surface area (Å²) in [7, 11) is 0. The van der Waals surface area contributed by atoms with E-state index in [1.807, 2.05) is 6.92 Å². The Morgan fingerprint density at radius 3 is 2.68 bits per heavy atom. The Balaban J connectivity index is 2.12. The first kappa shape index (κ1) is 14.1. The third kappa shape index (κ3) is 2.97. The second-order valence-corrected chi connectivity index (χ2v) is 6.81. The molecule has 1 unspecified atom stereocenters. The molecule has 0 aromatic carbocycles. The van der Waals surface area contributed by atoms with Gasteiger partial charge in [-0.3, -0.25) is 4.79 Å². The molecule has 0 bridgehead atoms. The lowest BCUT2D eigenvalue weighted by Crippen LogP contribution is -2.17. The van der Waals surface area contributed by atoms with E-state index < -0.39 is 0 Å². The normalized spacial score (nSPS) is 19.9. The predicted molar refractivity (Wildman–Crippen MR) is 75.5 cm³/mol. The number of carbonyl (C=O) groups is 2. The summed E-state index contributed by atoms with van der Waals surface area (Å²) in [5, 5.41) is 3.47. The van der Waals surface area contributed by atoms with Crippen molar-refractivity contribution in [3.8, 4) is 0 Å². The van der Waals surface area contributed by atoms with Gasteiger partial charge in [-0.2, -0.15) is 0 Å². The average Bonchev–Trinajstić information content (AvgIpc) is 2.78. The van der Waals surface area contributed by atoms with Gasteiger partial charge in [-0.15, -0.1) is 11.3 Å². The zero-order chi connectivity index (χ0) is 14.2. The largest absolute Gasteiger partial charge is 0.462 e. The third-order valence-corrected chi connectivity index (χ3v) is 4.38. The van der Waals surface area contributed by atoms with Crippen LogP contribution in [-0.4, -0.2) is 18.5 Å². The molecule has 5 heteroatoms. The molecular formula is C14H19NO3S. The van der Waals surface area contributed by atoms with Gasteiger partial charge in [0, 0.05) is 10.8 Å². The molecule has 1 aliphatic carbocycles. The monoisotopic (exact) mass is 281 g/mol. The molecule has 0 aliphatic heterocycles. The quantitative estimate of drug-likeness (QED) is 0.862. The molecule has 0 saturated heterocycles. The Bertz CT molecular complexity index is 519. The molecule has 1 aromatic heterocycles. The Labute approximate surface area is 117 Å². The number of nitrogens with one attached hydrogen (secondary N) is 1. The SMILES string of the molecule is CCOC(=O)c1cc(C)sc1NC(=O)C1CC1(C)C. The Morgan fingerprint density at radius 1 is 1.53 bits per heavy atom. The van der Waals surface area contributed by atoms with E-state index in [0.717, 1.165) is 11.3 Å². The lowest BCUT2D eigenvalue weighted by Gasteiger charge is -2.07. The summed E-state index contributed by atoms with van der Waals surface area (Å²) in [5.74, 6) is -0.334. The van der Waals surface area contributed by atoms with E-state index in [9.17, 15) is 9.59 Å². The van der Waals surface area contributed by atoms with Crippen LogP contribution in [0.3, 0.4) is 0 Å². The van der Waals surface area contributed by atoms with Gasteiger partial charge in [0.15, 0.2) is 0 Å². The van der Waals surface area contributed by atoms with Crippen molar-refractivity contribution in [3.05, 3.63) is 16.5 Å². The first-order valence-electron chi connectivity index (χ1n) is 6.43. The van der Waals surface area contributed by atoms with Crippen molar-refractivity contribution in [2.45, 2.75) is 34.1 Å². The topological polar surface area (TPSA) is 55.4 Å². The average molecular weight is 281 g/mol. The maximum absolute atomic E-state index is 12.1. The number of anilines is 1. The summed E-state index contributed by atoms with van der Waals surface area (Å²) in [4.78, 5) is 24.9. The van der Waals surface area contributed by atoms with E-state index in [0.29, 0.717) is 17.2 Å². The molecule has 1 amide bonds. The van der Waals surface area contributed by atoms with Gasteiger partial charge in [0.05, 0.1) is 12.2 Å². The van der Waals surface area contributed by atoms with Crippen LogP contribution in [0.15, 0.2) is 6.07 Å². The lowest BCUT2D eigenvalue weighted by atomic mass is 10.1. The second-order valence-electron chi connectivity index (χ2n) is 5.55. The number of hydrogen-bond donors (Lipinski definition) is 1. The molecule has 1 atom stereocenters. The summed E-state index contributed by atoms with van der Waals surface area (Å²) < 4.78 is 5.00. The molecule has 1 saturated carbocycles. The fourth-order valence-corrected chi connectivity index (χ4v) is 2.98. The highest BCUT2D eigenvalue weighted by Gasteiger charge is 2.50. The highest BCUT2D eigenvalue weighted by molar-refractivity contribution is 7.16. The van der Waals surface area contributed by atoms with Gasteiger partial charge >= 0.3 is 5.97 Å². The Kier molecular flexibility index (Phi) is 3.67. The maximum atomic E-state index is 12.1. The maximum Gasteiger partial charge on any atom is 0.341 e. The van der Waals surface area contributed by atoms with Crippen molar-refractivity contribution in [3.63, 3.8) is 0 Å². The number of ether oxygens (including phenoxy) is 1. The molecule has 104 valence electrons. The number of esters is 1. The van der Waals surface area contributed by atoms with Crippen molar-refractivity contribution in [1.82, 2.24) is 0 Å². The van der Waals surface area contributed by atoms with Crippen LogP contribution < -0.4 is 5.32 Å². The number of amides is 1. The Morgan fingerprint density at radius 2 is 2.16 bits per heavy atom. The molecule has 1 aromatic rings. The zero-order valence-corrected chi connectivity index (χ0v) is 12.5. The van der Waals surface area contributed by atoms with Crippen molar-refractivity contribution in [2.24, 2.45) is 11.3 Å². The smallest absolute Gasteiger partial charge is 0.341 e. The van der Waals surface area contributed by atoms with Crippen LogP contribution in [0.1, 0.15) is 42.4 Å². The molecule has 4 nitrogen and oxygen atoms in total. The molecule has 19 heavy (non-hydrogen) atoms. The van der Waals surface area contributed by atoms with Crippen LogP contribution in [-0.2, 0) is 9.53 Å². The lowest BCUT2D eigenvalue weighted by molar-refractivity contribution is -0.117. The fraction of sp³-hybridized carbons (Fsp3) is 0.571. The van der Waals surface area contributed by atoms with Gasteiger partial charge in [-0.1, -0.05) is 13.8 Å². The number of thiophene rings is 1. The zero-order valence-electron chi connectivity index (χ0n) is 11.7. The fourth-order valence-electron chi connectivity index (χ4n) is 2.08. The van der Waals surface area contributed by atoms with Crippen LogP contribution in [0.2, 0.25) is 0 Å². The standard InChI is InChI=1S/C14H19NO3S/c1-5-18-13(17)9-6-8(2)19-12(9)15-11(16)10-7-14(10,3)4/h6,10H,5,7H2,1-4H3,(H,15,16). The second kappa shape index (κ2) is 4.96. The highest BCUT2D eigenvalue weighted by atomic mass is 32.1. The minimum atomic E-state index is -0.378. The van der Waals surface area contributed by atoms with Gasteiger partial charge in [-0.25, -0.2) is 4.79 Å². The molecular weight excluding hydrogens is 262 g/mol. The molecule has 1 fully saturated rings. The first-order chi connectivity index (χ1) is 8.85. The number of rotatable bonds is 4. The van der Waals surface area contributed by atoms with Gasteiger partial charge in [0.2, 0.25) is 5.91 Å². The van der Waals surface area contributed by atoms with E-state index in [2.05, 4.69) is 19.2 Å². The number of aryl methyl sites for hydroxylation is 1. The van der Waals surface area contributed by atoms with Crippen molar-refractivity contribution in [2.75, 3.05) is 11.9 Å². The minimum Gasteiger partial charge on any atom is -0.462 e. The van der Waals surface area contributed by atoms with Gasteiger partial charge in [-0.05, 0) is 31.7 Å². The summed E-state index contributed by atoms with van der Waals surface area (Å²) in [6, 6.07) is 1.76. The molecule has 1 N–H and O–H groups in total. The summed E-state index contributed by atoms with van der Waals surface area (Å²) in [5.41, 5.74) is 0.539. The predicted octanol–water partition coefficient (Wildman–Crippen LogP) is 3.22. The van der Waals surface area contributed by atoms with Crippen LogP contribution in [0.25, 0.3) is 0 Å². The Hall–Kier alpha value is -1.36. The van der Waals surface area contributed by atoms with Crippen molar-refractivity contribution < 1.29 is 14.3 Å². The summed E-state index contributed by atoms with van der Waals surface area (Å²) in [6.07, 6.45) is 0.901. The molecule has 1 aliphatic rings. The van der Waals surface area contributed by atoms with Gasteiger partial charge in [0.1, 0.15) is 5.00 Å². The van der Waals surface area contributed by atoms with Crippen LogP contribution in [0, 0.1) is 18.3 Å². The molecule has 2 rings (SSSR count). The number of hydrogen-bond acceptors (Lipinski definition) is 4. The molecule has 0 spiro atoms. The highest BCUT2D eigenvalue weighted by Crippen LogP contribution is 2.52.